The first-order chi connectivity index (χ1) is 12.2. The molecule has 3 aromatic rings. The number of hydrogen-bond acceptors (Lipinski definition) is 3. The normalized spacial score (nSPS) is 10.1. The topological polar surface area (TPSA) is 62.4 Å². The first-order valence-corrected chi connectivity index (χ1v) is 8.07. The molecular formula is C19H17N3O2S. The largest absolute Gasteiger partial charge is 0.497 e. The summed E-state index contributed by atoms with van der Waals surface area (Å²) in [5.41, 5.74) is 6.70. The number of carbonyl (C=O) groups excluding carboxylic acids is 1. The third-order valence-corrected chi connectivity index (χ3v) is 3.88. The molecule has 0 radical (unpaired) electrons. The van der Waals surface area contributed by atoms with E-state index >= 15 is 0 Å². The minimum absolute atomic E-state index is 0.254. The molecule has 126 valence electrons. The Morgan fingerprint density at radius 2 is 1.64 bits per heavy atom. The van der Waals surface area contributed by atoms with Crippen LogP contribution in [0.2, 0.25) is 0 Å². The van der Waals surface area contributed by atoms with Gasteiger partial charge in [-0.25, -0.2) is 0 Å². The summed E-state index contributed by atoms with van der Waals surface area (Å²) in [5, 5.41) is 5.17. The zero-order valence-corrected chi connectivity index (χ0v) is 14.4. The first kappa shape index (κ1) is 16.7. The van der Waals surface area contributed by atoms with Crippen molar-refractivity contribution in [1.29, 1.82) is 0 Å². The summed E-state index contributed by atoms with van der Waals surface area (Å²) in [6.45, 7) is 0. The molecule has 0 fully saturated rings. The third kappa shape index (κ3) is 4.05. The van der Waals surface area contributed by atoms with Crippen molar-refractivity contribution in [1.82, 2.24) is 10.9 Å². The maximum atomic E-state index is 12.4. The highest BCUT2D eigenvalue weighted by Gasteiger charge is 2.09. The molecule has 0 atom stereocenters. The van der Waals surface area contributed by atoms with Crippen LogP contribution in [-0.4, -0.2) is 18.1 Å². The highest BCUT2D eigenvalue weighted by atomic mass is 32.1. The van der Waals surface area contributed by atoms with Gasteiger partial charge in [-0.3, -0.25) is 15.6 Å². The number of hydrogen-bond donors (Lipinski definition) is 3. The molecule has 25 heavy (non-hydrogen) atoms. The standard InChI is InChI=1S/C19H17N3O2S/c1-24-15-11-9-14(10-12-15)20-19(25)22-21-18(23)17-8-4-6-13-5-2-3-7-16(13)17/h2-12H,1H3,(H,21,23)(H2,20,22,25). The van der Waals surface area contributed by atoms with Crippen molar-refractivity contribution in [3.8, 4) is 5.75 Å². The lowest BCUT2D eigenvalue weighted by atomic mass is 10.0. The molecule has 0 aliphatic carbocycles. The van der Waals surface area contributed by atoms with Gasteiger partial charge < -0.3 is 10.1 Å². The Morgan fingerprint density at radius 1 is 0.920 bits per heavy atom. The van der Waals surface area contributed by atoms with Gasteiger partial charge in [0.15, 0.2) is 5.11 Å². The average Bonchev–Trinajstić information content (AvgIpc) is 2.66. The van der Waals surface area contributed by atoms with Crippen LogP contribution >= 0.6 is 12.2 Å². The average molecular weight is 351 g/mol. The fraction of sp³-hybridized carbons (Fsp3) is 0.0526. The molecule has 0 spiro atoms. The van der Waals surface area contributed by atoms with Crippen molar-refractivity contribution in [2.24, 2.45) is 0 Å². The lowest BCUT2D eigenvalue weighted by Crippen LogP contribution is -2.43. The van der Waals surface area contributed by atoms with Gasteiger partial charge in [0, 0.05) is 11.3 Å². The highest BCUT2D eigenvalue weighted by Crippen LogP contribution is 2.18. The number of amides is 1. The molecule has 0 unspecified atom stereocenters. The summed E-state index contributed by atoms with van der Waals surface area (Å²) in [7, 11) is 1.61. The van der Waals surface area contributed by atoms with Crippen LogP contribution in [0.1, 0.15) is 10.4 Å². The summed E-state index contributed by atoms with van der Waals surface area (Å²) >= 11 is 5.19. The van der Waals surface area contributed by atoms with Crippen LogP contribution < -0.4 is 20.9 Å². The van der Waals surface area contributed by atoms with Gasteiger partial charge in [-0.2, -0.15) is 0 Å². The monoisotopic (exact) mass is 351 g/mol. The van der Waals surface area contributed by atoms with E-state index in [0.717, 1.165) is 22.2 Å². The second-order valence-electron chi connectivity index (χ2n) is 5.29. The number of rotatable bonds is 3. The number of ether oxygens (including phenoxy) is 1. The molecule has 0 aliphatic heterocycles. The Labute approximate surface area is 151 Å². The van der Waals surface area contributed by atoms with Crippen molar-refractivity contribution in [3.05, 3.63) is 72.3 Å². The molecule has 3 rings (SSSR count). The summed E-state index contributed by atoms with van der Waals surface area (Å²) in [6, 6.07) is 20.6. The van der Waals surface area contributed by atoms with Gasteiger partial charge in [0.2, 0.25) is 0 Å². The van der Waals surface area contributed by atoms with E-state index < -0.39 is 0 Å². The molecule has 0 aliphatic rings. The van der Waals surface area contributed by atoms with Gasteiger partial charge in [-0.1, -0.05) is 36.4 Å². The quantitative estimate of drug-likeness (QED) is 0.498. The number of thiocarbonyl (C=S) groups is 1. The number of methoxy groups -OCH3 is 1. The highest BCUT2D eigenvalue weighted by molar-refractivity contribution is 7.80. The zero-order valence-electron chi connectivity index (χ0n) is 13.6. The Hall–Kier alpha value is -3.12. The van der Waals surface area contributed by atoms with Crippen molar-refractivity contribution in [3.63, 3.8) is 0 Å². The van der Waals surface area contributed by atoms with Crippen LogP contribution in [0.4, 0.5) is 5.69 Å². The molecule has 0 saturated heterocycles. The molecular weight excluding hydrogens is 334 g/mol. The lowest BCUT2D eigenvalue weighted by Gasteiger charge is -2.13. The predicted octanol–water partition coefficient (Wildman–Crippen LogP) is 3.48. The molecule has 0 heterocycles. The first-order valence-electron chi connectivity index (χ1n) is 7.66. The minimum atomic E-state index is -0.254. The number of fused-ring (bicyclic) bond motifs is 1. The summed E-state index contributed by atoms with van der Waals surface area (Å²) < 4.78 is 5.10. The Morgan fingerprint density at radius 3 is 2.40 bits per heavy atom. The van der Waals surface area contributed by atoms with Crippen molar-refractivity contribution >= 4 is 39.7 Å². The van der Waals surface area contributed by atoms with Crippen LogP contribution in [0.25, 0.3) is 10.8 Å². The maximum Gasteiger partial charge on any atom is 0.270 e. The molecule has 5 nitrogen and oxygen atoms in total. The molecule has 3 aromatic carbocycles. The lowest BCUT2D eigenvalue weighted by molar-refractivity contribution is 0.0946. The third-order valence-electron chi connectivity index (χ3n) is 3.67. The van der Waals surface area contributed by atoms with E-state index in [-0.39, 0.29) is 5.91 Å². The maximum absolute atomic E-state index is 12.4. The molecule has 6 heteroatoms. The smallest absolute Gasteiger partial charge is 0.270 e. The van der Waals surface area contributed by atoms with Gasteiger partial charge in [0.1, 0.15) is 5.75 Å². The van der Waals surface area contributed by atoms with Crippen molar-refractivity contribution < 1.29 is 9.53 Å². The molecule has 3 N–H and O–H groups in total. The molecule has 0 aromatic heterocycles. The van der Waals surface area contributed by atoms with Gasteiger partial charge in [-0.05, 0) is 53.3 Å². The van der Waals surface area contributed by atoms with Gasteiger partial charge >= 0.3 is 0 Å². The van der Waals surface area contributed by atoms with Crippen molar-refractivity contribution in [2.45, 2.75) is 0 Å². The van der Waals surface area contributed by atoms with Crippen LogP contribution in [-0.2, 0) is 0 Å². The molecule has 0 bridgehead atoms. The number of carbonyl (C=O) groups is 1. The zero-order chi connectivity index (χ0) is 17.6. The Kier molecular flexibility index (Phi) is 5.11. The fourth-order valence-corrected chi connectivity index (χ4v) is 2.61. The van der Waals surface area contributed by atoms with Crippen LogP contribution in [0, 0.1) is 0 Å². The Bertz CT molecular complexity index is 905. The number of nitrogens with one attached hydrogen (secondary N) is 3. The SMILES string of the molecule is COc1ccc(NC(=S)NNC(=O)c2cccc3ccccc23)cc1. The number of anilines is 1. The van der Waals surface area contributed by atoms with E-state index in [1.54, 1.807) is 13.2 Å². The van der Waals surface area contributed by atoms with E-state index in [9.17, 15) is 4.79 Å². The summed E-state index contributed by atoms with van der Waals surface area (Å²) in [6.07, 6.45) is 0. The second kappa shape index (κ2) is 7.63. The Balaban J connectivity index is 1.62. The summed E-state index contributed by atoms with van der Waals surface area (Å²) in [4.78, 5) is 12.4. The van der Waals surface area contributed by atoms with E-state index in [0.29, 0.717) is 10.7 Å². The molecule has 0 saturated carbocycles. The van der Waals surface area contributed by atoms with Crippen LogP contribution in [0.3, 0.4) is 0 Å². The van der Waals surface area contributed by atoms with E-state index in [2.05, 4.69) is 16.2 Å². The van der Waals surface area contributed by atoms with Crippen LogP contribution in [0.5, 0.6) is 5.75 Å². The van der Waals surface area contributed by atoms with E-state index in [1.807, 2.05) is 60.7 Å². The number of hydrazine groups is 1. The fourth-order valence-electron chi connectivity index (χ4n) is 2.44. The summed E-state index contributed by atoms with van der Waals surface area (Å²) in [5.74, 6) is 0.504. The molecule has 1 amide bonds. The van der Waals surface area contributed by atoms with Crippen molar-refractivity contribution in [2.75, 3.05) is 12.4 Å². The number of benzene rings is 3. The van der Waals surface area contributed by atoms with Gasteiger partial charge in [0.25, 0.3) is 5.91 Å². The van der Waals surface area contributed by atoms with Gasteiger partial charge in [0.05, 0.1) is 7.11 Å². The predicted molar refractivity (Wildman–Crippen MR) is 104 cm³/mol. The van der Waals surface area contributed by atoms with Gasteiger partial charge in [-0.15, -0.1) is 0 Å². The second-order valence-corrected chi connectivity index (χ2v) is 5.70. The van der Waals surface area contributed by atoms with Crippen LogP contribution in [0.15, 0.2) is 66.7 Å². The van der Waals surface area contributed by atoms with E-state index in [4.69, 9.17) is 17.0 Å². The van der Waals surface area contributed by atoms with E-state index in [1.165, 1.54) is 0 Å². The minimum Gasteiger partial charge on any atom is -0.497 e.